The maximum absolute atomic E-state index is 12.1. The van der Waals surface area contributed by atoms with Crippen LogP contribution in [0.25, 0.3) is 0 Å². The van der Waals surface area contributed by atoms with E-state index >= 15 is 0 Å². The fraction of sp³-hybridized carbons (Fsp3) is 0.588. The number of amides is 1. The molecule has 0 radical (unpaired) electrons. The van der Waals surface area contributed by atoms with Gasteiger partial charge < -0.3 is 10.6 Å². The molecule has 0 saturated heterocycles. The van der Waals surface area contributed by atoms with E-state index in [4.69, 9.17) is 4.98 Å². The SMILES string of the molecule is CC(C)Cc1nc(NC2C=CCCC2)c2c(n1)C(=O)NCC2. The number of anilines is 1. The van der Waals surface area contributed by atoms with Gasteiger partial charge >= 0.3 is 0 Å². The first-order valence-corrected chi connectivity index (χ1v) is 8.24. The van der Waals surface area contributed by atoms with Gasteiger partial charge in [0.2, 0.25) is 0 Å². The van der Waals surface area contributed by atoms with Gasteiger partial charge in [0.15, 0.2) is 0 Å². The molecule has 1 unspecified atom stereocenters. The second-order valence-corrected chi connectivity index (χ2v) is 6.53. The van der Waals surface area contributed by atoms with Crippen molar-refractivity contribution >= 4 is 11.7 Å². The van der Waals surface area contributed by atoms with Gasteiger partial charge in [-0.2, -0.15) is 0 Å². The van der Waals surface area contributed by atoms with Crippen LogP contribution < -0.4 is 10.6 Å². The van der Waals surface area contributed by atoms with Gasteiger partial charge in [0.05, 0.1) is 0 Å². The molecule has 118 valence electrons. The first-order chi connectivity index (χ1) is 10.6. The van der Waals surface area contributed by atoms with Crippen LogP contribution in [0.2, 0.25) is 0 Å². The Kier molecular flexibility index (Phi) is 4.41. The van der Waals surface area contributed by atoms with E-state index in [1.54, 1.807) is 0 Å². The number of carbonyl (C=O) groups excluding carboxylic acids is 1. The molecule has 2 heterocycles. The molecule has 0 bridgehead atoms. The molecular weight excluding hydrogens is 276 g/mol. The fourth-order valence-electron chi connectivity index (χ4n) is 3.02. The molecule has 0 saturated carbocycles. The molecule has 1 aliphatic heterocycles. The van der Waals surface area contributed by atoms with Gasteiger partial charge in [-0.25, -0.2) is 9.97 Å². The Balaban J connectivity index is 1.94. The number of aromatic nitrogens is 2. The number of carbonyl (C=O) groups is 1. The lowest BCUT2D eigenvalue weighted by molar-refractivity contribution is 0.0940. The molecule has 22 heavy (non-hydrogen) atoms. The Hall–Kier alpha value is -1.91. The Labute approximate surface area is 131 Å². The number of hydrogen-bond acceptors (Lipinski definition) is 4. The van der Waals surface area contributed by atoms with Crippen LogP contribution in [0.1, 0.15) is 55.0 Å². The van der Waals surface area contributed by atoms with Crippen LogP contribution in [0.4, 0.5) is 5.82 Å². The summed E-state index contributed by atoms with van der Waals surface area (Å²) < 4.78 is 0. The molecule has 1 amide bonds. The molecule has 1 aromatic rings. The molecular formula is C17H24N4O. The highest BCUT2D eigenvalue weighted by Crippen LogP contribution is 2.24. The molecule has 1 atom stereocenters. The highest BCUT2D eigenvalue weighted by atomic mass is 16.1. The normalized spacial score (nSPS) is 20.7. The molecule has 1 aliphatic carbocycles. The van der Waals surface area contributed by atoms with Crippen LogP contribution in [0, 0.1) is 5.92 Å². The number of nitrogens with zero attached hydrogens (tertiary/aromatic N) is 2. The molecule has 2 N–H and O–H groups in total. The lowest BCUT2D eigenvalue weighted by atomic mass is 10.0. The van der Waals surface area contributed by atoms with E-state index in [0.717, 1.165) is 42.9 Å². The van der Waals surface area contributed by atoms with E-state index in [2.05, 4.69) is 41.6 Å². The minimum absolute atomic E-state index is 0.0732. The van der Waals surface area contributed by atoms with Gasteiger partial charge in [-0.05, 0) is 31.6 Å². The first-order valence-electron chi connectivity index (χ1n) is 8.24. The van der Waals surface area contributed by atoms with E-state index in [-0.39, 0.29) is 5.91 Å². The highest BCUT2D eigenvalue weighted by molar-refractivity contribution is 5.96. The van der Waals surface area contributed by atoms with Crippen molar-refractivity contribution in [3.05, 3.63) is 29.2 Å². The van der Waals surface area contributed by atoms with Crippen LogP contribution in [-0.4, -0.2) is 28.5 Å². The number of rotatable bonds is 4. The summed E-state index contributed by atoms with van der Waals surface area (Å²) in [7, 11) is 0. The third-order valence-corrected chi connectivity index (χ3v) is 4.10. The molecule has 0 spiro atoms. The number of nitrogens with one attached hydrogen (secondary N) is 2. The zero-order valence-electron chi connectivity index (χ0n) is 13.4. The topological polar surface area (TPSA) is 66.9 Å². The van der Waals surface area contributed by atoms with Gasteiger partial charge in [0, 0.05) is 24.6 Å². The third kappa shape index (κ3) is 3.29. The van der Waals surface area contributed by atoms with E-state index in [1.165, 1.54) is 6.42 Å². The van der Waals surface area contributed by atoms with Crippen molar-refractivity contribution in [3.63, 3.8) is 0 Å². The lowest BCUT2D eigenvalue weighted by Gasteiger charge is -2.24. The molecule has 3 rings (SSSR count). The number of hydrogen-bond donors (Lipinski definition) is 2. The fourth-order valence-corrected chi connectivity index (χ4v) is 3.02. The van der Waals surface area contributed by atoms with E-state index in [1.807, 2.05) is 0 Å². The average Bonchev–Trinajstić information content (AvgIpc) is 2.49. The second kappa shape index (κ2) is 6.46. The number of allylic oxidation sites excluding steroid dienone is 1. The Morgan fingerprint density at radius 1 is 1.41 bits per heavy atom. The summed E-state index contributed by atoms with van der Waals surface area (Å²) in [4.78, 5) is 21.4. The van der Waals surface area contributed by atoms with Crippen LogP contribution in [0.15, 0.2) is 12.2 Å². The van der Waals surface area contributed by atoms with Gasteiger partial charge in [0.1, 0.15) is 17.3 Å². The summed E-state index contributed by atoms with van der Waals surface area (Å²) in [6, 6.07) is 0.310. The van der Waals surface area contributed by atoms with Crippen LogP contribution in [0.3, 0.4) is 0 Å². The largest absolute Gasteiger partial charge is 0.364 e. The van der Waals surface area contributed by atoms with Crippen molar-refractivity contribution < 1.29 is 4.79 Å². The summed E-state index contributed by atoms with van der Waals surface area (Å²) in [6.45, 7) is 4.94. The molecule has 0 fully saturated rings. The van der Waals surface area contributed by atoms with E-state index < -0.39 is 0 Å². The Morgan fingerprint density at radius 2 is 2.27 bits per heavy atom. The van der Waals surface area contributed by atoms with Crippen molar-refractivity contribution in [2.24, 2.45) is 5.92 Å². The van der Waals surface area contributed by atoms with Crippen LogP contribution in [-0.2, 0) is 12.8 Å². The zero-order valence-corrected chi connectivity index (χ0v) is 13.4. The minimum Gasteiger partial charge on any atom is -0.364 e. The molecule has 5 heteroatoms. The van der Waals surface area contributed by atoms with Gasteiger partial charge in [-0.3, -0.25) is 4.79 Å². The Bertz CT molecular complexity index is 595. The highest BCUT2D eigenvalue weighted by Gasteiger charge is 2.24. The zero-order chi connectivity index (χ0) is 15.5. The Morgan fingerprint density at radius 3 is 3.00 bits per heavy atom. The second-order valence-electron chi connectivity index (χ2n) is 6.53. The van der Waals surface area contributed by atoms with Gasteiger partial charge in [-0.1, -0.05) is 26.0 Å². The quantitative estimate of drug-likeness (QED) is 0.838. The van der Waals surface area contributed by atoms with Crippen LogP contribution >= 0.6 is 0 Å². The van der Waals surface area contributed by atoms with Gasteiger partial charge in [0.25, 0.3) is 5.91 Å². The molecule has 1 aromatic heterocycles. The number of fused-ring (bicyclic) bond motifs is 1. The molecule has 5 nitrogen and oxygen atoms in total. The van der Waals surface area contributed by atoms with Crippen molar-refractivity contribution in [1.82, 2.24) is 15.3 Å². The smallest absolute Gasteiger partial charge is 0.270 e. The summed E-state index contributed by atoms with van der Waals surface area (Å²) in [5.74, 6) is 2.00. The third-order valence-electron chi connectivity index (χ3n) is 4.10. The van der Waals surface area contributed by atoms with Crippen molar-refractivity contribution in [1.29, 1.82) is 0 Å². The summed E-state index contributed by atoms with van der Waals surface area (Å²) >= 11 is 0. The maximum atomic E-state index is 12.1. The molecule has 0 aromatic carbocycles. The summed E-state index contributed by atoms with van der Waals surface area (Å²) in [5.41, 5.74) is 1.52. The van der Waals surface area contributed by atoms with Crippen molar-refractivity contribution in [3.8, 4) is 0 Å². The lowest BCUT2D eigenvalue weighted by Crippen LogP contribution is -2.35. The van der Waals surface area contributed by atoms with Crippen LogP contribution in [0.5, 0.6) is 0 Å². The molecule has 2 aliphatic rings. The van der Waals surface area contributed by atoms with Crippen molar-refractivity contribution in [2.45, 2.75) is 52.0 Å². The predicted molar refractivity (Wildman–Crippen MR) is 87.0 cm³/mol. The monoisotopic (exact) mass is 300 g/mol. The summed E-state index contributed by atoms with van der Waals surface area (Å²) in [5, 5.41) is 6.40. The average molecular weight is 300 g/mol. The minimum atomic E-state index is -0.0732. The maximum Gasteiger partial charge on any atom is 0.270 e. The first kappa shape index (κ1) is 15.0. The van der Waals surface area contributed by atoms with Gasteiger partial charge in [-0.15, -0.1) is 0 Å². The van der Waals surface area contributed by atoms with Crippen molar-refractivity contribution in [2.75, 3.05) is 11.9 Å². The summed E-state index contributed by atoms with van der Waals surface area (Å²) in [6.07, 6.45) is 9.47. The predicted octanol–water partition coefficient (Wildman–Crippen LogP) is 2.48. The standard InChI is InChI=1S/C17H24N4O/c1-11(2)10-14-20-15-13(8-9-18-17(15)22)16(21-14)19-12-6-4-3-5-7-12/h4,6,11-12H,3,5,7-10H2,1-2H3,(H,18,22)(H,19,20,21). The van der Waals surface area contributed by atoms with E-state index in [9.17, 15) is 4.79 Å². The van der Waals surface area contributed by atoms with E-state index in [0.29, 0.717) is 24.2 Å².